The van der Waals surface area contributed by atoms with Gasteiger partial charge in [0.2, 0.25) is 0 Å². The number of anilines is 1. The largest absolute Gasteiger partial charge is 0.497 e. The van der Waals surface area contributed by atoms with Gasteiger partial charge in [-0.25, -0.2) is 0 Å². The molecule has 1 saturated heterocycles. The molecule has 0 aromatic heterocycles. The van der Waals surface area contributed by atoms with Crippen molar-refractivity contribution in [2.45, 2.75) is 42.5 Å². The van der Waals surface area contributed by atoms with Gasteiger partial charge in [-0.2, -0.15) is 0 Å². The van der Waals surface area contributed by atoms with Crippen LogP contribution in [0.15, 0.2) is 47.4 Å². The summed E-state index contributed by atoms with van der Waals surface area (Å²) in [7, 11) is 1.65. The van der Waals surface area contributed by atoms with Gasteiger partial charge in [-0.15, -0.1) is 11.8 Å². The summed E-state index contributed by atoms with van der Waals surface area (Å²) >= 11 is 2.03. The molecule has 4 nitrogen and oxygen atoms in total. The maximum atomic E-state index is 12.5. The fourth-order valence-corrected chi connectivity index (χ4v) is 6.44. The summed E-state index contributed by atoms with van der Waals surface area (Å²) in [6.45, 7) is 4.48. The molecule has 5 heteroatoms. The number of benzene rings is 2. The van der Waals surface area contributed by atoms with Crippen molar-refractivity contribution in [3.63, 3.8) is 0 Å². The average molecular weight is 423 g/mol. The van der Waals surface area contributed by atoms with Gasteiger partial charge in [0, 0.05) is 48.5 Å². The first-order valence-corrected chi connectivity index (χ1v) is 12.1. The Morgan fingerprint density at radius 3 is 2.87 bits per heavy atom. The van der Waals surface area contributed by atoms with E-state index in [0.717, 1.165) is 37.4 Å². The minimum atomic E-state index is 0.230. The molecule has 3 aliphatic heterocycles. The van der Waals surface area contributed by atoms with Crippen LogP contribution in [0.1, 0.15) is 47.5 Å². The van der Waals surface area contributed by atoms with E-state index in [0.29, 0.717) is 18.4 Å². The van der Waals surface area contributed by atoms with Crippen LogP contribution in [0.5, 0.6) is 5.75 Å². The van der Waals surface area contributed by atoms with E-state index in [1.165, 1.54) is 35.7 Å². The molecular weight excluding hydrogens is 392 g/mol. The van der Waals surface area contributed by atoms with Gasteiger partial charge in [-0.3, -0.25) is 4.79 Å². The Balaban J connectivity index is 1.20. The van der Waals surface area contributed by atoms with Gasteiger partial charge in [-0.1, -0.05) is 12.1 Å². The molecule has 0 bridgehead atoms. The third-order valence-electron chi connectivity index (χ3n) is 6.87. The van der Waals surface area contributed by atoms with Crippen LogP contribution in [-0.4, -0.2) is 55.8 Å². The second kappa shape index (κ2) is 8.64. The van der Waals surface area contributed by atoms with Crippen molar-refractivity contribution in [1.29, 1.82) is 0 Å². The van der Waals surface area contributed by atoms with Gasteiger partial charge in [0.15, 0.2) is 5.78 Å². The normalized spacial score (nSPS) is 22.9. The van der Waals surface area contributed by atoms with Crippen molar-refractivity contribution in [3.05, 3.63) is 53.6 Å². The number of hydrogen-bond donors (Lipinski definition) is 0. The number of fused-ring (bicyclic) bond motifs is 3. The third kappa shape index (κ3) is 3.74. The van der Waals surface area contributed by atoms with Crippen molar-refractivity contribution < 1.29 is 9.53 Å². The first kappa shape index (κ1) is 20.0. The Kier molecular flexibility index (Phi) is 5.74. The molecule has 0 unspecified atom stereocenters. The zero-order valence-corrected chi connectivity index (χ0v) is 18.5. The van der Waals surface area contributed by atoms with Crippen LogP contribution in [0, 0.1) is 0 Å². The summed E-state index contributed by atoms with van der Waals surface area (Å²) in [5.74, 6) is 2.87. The maximum Gasteiger partial charge on any atom is 0.162 e. The van der Waals surface area contributed by atoms with Gasteiger partial charge in [0.05, 0.1) is 12.8 Å². The molecule has 0 aliphatic carbocycles. The maximum absolute atomic E-state index is 12.5. The lowest BCUT2D eigenvalue weighted by molar-refractivity contribution is 0.0971. The fraction of sp³-hybridized carbons (Fsp3) is 0.480. The zero-order chi connectivity index (χ0) is 20.5. The molecule has 3 heterocycles. The number of rotatable bonds is 6. The summed E-state index contributed by atoms with van der Waals surface area (Å²) in [6.07, 6.45) is 4.05. The monoisotopic (exact) mass is 422 g/mol. The lowest BCUT2D eigenvalue weighted by Gasteiger charge is -2.39. The van der Waals surface area contributed by atoms with Gasteiger partial charge in [0.25, 0.3) is 0 Å². The Labute approximate surface area is 183 Å². The molecule has 1 fully saturated rings. The highest BCUT2D eigenvalue weighted by Crippen LogP contribution is 2.50. The van der Waals surface area contributed by atoms with E-state index in [1.807, 2.05) is 36.0 Å². The molecule has 5 rings (SSSR count). The number of methoxy groups -OCH3 is 1. The molecular formula is C25H30N2O2S. The number of carbonyl (C=O) groups excluding carboxylic acids is 1. The van der Waals surface area contributed by atoms with E-state index < -0.39 is 0 Å². The number of piperidine rings is 1. The SMILES string of the molecule is COc1ccc(C(=O)CCCN2CC[C@H]3[C@@H](C2)c2cccc4c2N3CCCS4)cc1. The van der Waals surface area contributed by atoms with Crippen LogP contribution >= 0.6 is 11.8 Å². The summed E-state index contributed by atoms with van der Waals surface area (Å²) < 4.78 is 5.18. The van der Waals surface area contributed by atoms with Crippen LogP contribution in [0.25, 0.3) is 0 Å². The second-order valence-electron chi connectivity index (χ2n) is 8.61. The molecule has 2 atom stereocenters. The van der Waals surface area contributed by atoms with E-state index in [1.54, 1.807) is 12.7 Å². The number of Topliss-reactive ketones (excluding diaryl/α,β-unsaturated/α-hetero) is 1. The lowest BCUT2D eigenvalue weighted by atomic mass is 9.89. The summed E-state index contributed by atoms with van der Waals surface area (Å²) in [5.41, 5.74) is 3.88. The van der Waals surface area contributed by atoms with Gasteiger partial charge >= 0.3 is 0 Å². The molecule has 2 aromatic carbocycles. The number of ether oxygens (including phenoxy) is 1. The van der Waals surface area contributed by atoms with Crippen LogP contribution in [-0.2, 0) is 0 Å². The van der Waals surface area contributed by atoms with Crippen LogP contribution in [0.3, 0.4) is 0 Å². The molecule has 0 N–H and O–H groups in total. The third-order valence-corrected chi connectivity index (χ3v) is 8.00. The number of likely N-dealkylation sites (tertiary alicyclic amines) is 1. The number of hydrogen-bond acceptors (Lipinski definition) is 5. The van der Waals surface area contributed by atoms with Gasteiger partial charge in [0.1, 0.15) is 5.75 Å². The Bertz CT molecular complexity index is 914. The average Bonchev–Trinajstić information content (AvgIpc) is 2.94. The highest BCUT2D eigenvalue weighted by Gasteiger charge is 2.43. The van der Waals surface area contributed by atoms with Gasteiger partial charge < -0.3 is 14.5 Å². The fourth-order valence-electron chi connectivity index (χ4n) is 5.40. The number of thioether (sulfide) groups is 1. The Morgan fingerprint density at radius 1 is 1.17 bits per heavy atom. The standard InChI is InChI=1S/C25H30N2O2S/c1-29-19-10-8-18(9-11-19)23(28)6-3-13-26-15-12-22-21(17-26)20-5-2-7-24-25(20)27(22)14-4-16-30-24/h2,5,7-11,21-22H,3-4,6,12-17H2,1H3/t21-,22-/m0/s1. The minimum absolute atomic E-state index is 0.230. The predicted octanol–water partition coefficient (Wildman–Crippen LogP) is 4.83. The van der Waals surface area contributed by atoms with Crippen molar-refractivity contribution in [2.75, 3.05) is 43.9 Å². The zero-order valence-electron chi connectivity index (χ0n) is 17.7. The Hall–Kier alpha value is -1.98. The number of nitrogens with zero attached hydrogens (tertiary/aromatic N) is 2. The highest BCUT2D eigenvalue weighted by atomic mass is 32.2. The number of para-hydroxylation sites is 1. The van der Waals surface area contributed by atoms with Crippen LogP contribution in [0.4, 0.5) is 5.69 Å². The first-order chi connectivity index (χ1) is 14.7. The molecule has 0 spiro atoms. The lowest BCUT2D eigenvalue weighted by Crippen LogP contribution is -2.46. The van der Waals surface area contributed by atoms with Crippen molar-refractivity contribution in [2.24, 2.45) is 0 Å². The van der Waals surface area contributed by atoms with E-state index in [9.17, 15) is 4.79 Å². The van der Waals surface area contributed by atoms with Crippen LogP contribution in [0.2, 0.25) is 0 Å². The minimum Gasteiger partial charge on any atom is -0.497 e. The quantitative estimate of drug-likeness (QED) is 0.623. The van der Waals surface area contributed by atoms with E-state index >= 15 is 0 Å². The number of ketones is 1. The van der Waals surface area contributed by atoms with Crippen molar-refractivity contribution in [3.8, 4) is 5.75 Å². The smallest absolute Gasteiger partial charge is 0.162 e. The van der Waals surface area contributed by atoms with E-state index in [2.05, 4.69) is 28.0 Å². The summed E-state index contributed by atoms with van der Waals surface area (Å²) in [5, 5.41) is 0. The molecule has 2 aromatic rings. The molecule has 3 aliphatic rings. The van der Waals surface area contributed by atoms with E-state index in [4.69, 9.17) is 4.74 Å². The molecule has 30 heavy (non-hydrogen) atoms. The number of carbonyl (C=O) groups is 1. The molecule has 0 saturated carbocycles. The Morgan fingerprint density at radius 2 is 2.03 bits per heavy atom. The van der Waals surface area contributed by atoms with Crippen LogP contribution < -0.4 is 9.64 Å². The van der Waals surface area contributed by atoms with Crippen molar-refractivity contribution in [1.82, 2.24) is 4.90 Å². The van der Waals surface area contributed by atoms with Crippen molar-refractivity contribution >= 4 is 23.2 Å². The highest BCUT2D eigenvalue weighted by molar-refractivity contribution is 7.99. The molecule has 158 valence electrons. The molecule has 0 radical (unpaired) electrons. The summed E-state index contributed by atoms with van der Waals surface area (Å²) in [6, 6.07) is 15.1. The predicted molar refractivity (Wildman–Crippen MR) is 123 cm³/mol. The first-order valence-electron chi connectivity index (χ1n) is 11.2. The summed E-state index contributed by atoms with van der Waals surface area (Å²) in [4.78, 5) is 19.3. The topological polar surface area (TPSA) is 32.8 Å². The second-order valence-corrected chi connectivity index (χ2v) is 9.74. The van der Waals surface area contributed by atoms with Gasteiger partial charge in [-0.05, 0) is 67.5 Å². The van der Waals surface area contributed by atoms with E-state index in [-0.39, 0.29) is 5.78 Å². The molecule has 0 amide bonds.